The van der Waals surface area contributed by atoms with Crippen LogP contribution in [0.2, 0.25) is 0 Å². The molecule has 0 aromatic heterocycles. The van der Waals surface area contributed by atoms with Crippen LogP contribution in [-0.2, 0) is 11.3 Å². The fraction of sp³-hybridized carbons (Fsp3) is 0.300. The van der Waals surface area contributed by atoms with E-state index in [4.69, 9.17) is 9.47 Å². The van der Waals surface area contributed by atoms with Gasteiger partial charge in [0.15, 0.2) is 0 Å². The molecule has 27 heavy (non-hydrogen) atoms. The third kappa shape index (κ3) is 3.51. The van der Waals surface area contributed by atoms with Crippen molar-refractivity contribution >= 4 is 33.6 Å². The summed E-state index contributed by atoms with van der Waals surface area (Å²) in [5, 5.41) is 0. The average Bonchev–Trinajstić information content (AvgIpc) is 2.87. The Hall–Kier alpha value is -2.54. The maximum atomic E-state index is 13.0. The van der Waals surface area contributed by atoms with Gasteiger partial charge in [-0.15, -0.1) is 0 Å². The van der Waals surface area contributed by atoms with E-state index in [0.29, 0.717) is 22.7 Å². The summed E-state index contributed by atoms with van der Waals surface area (Å²) < 4.78 is 11.5. The summed E-state index contributed by atoms with van der Waals surface area (Å²) >= 11 is 3.41. The number of carbonyl (C=O) groups excluding carboxylic acids is 2. The number of urea groups is 1. The van der Waals surface area contributed by atoms with Crippen molar-refractivity contribution in [3.05, 3.63) is 52.0 Å². The number of rotatable bonds is 5. The molecule has 7 heteroatoms. The summed E-state index contributed by atoms with van der Waals surface area (Å²) in [6.07, 6.45) is 0. The van der Waals surface area contributed by atoms with Gasteiger partial charge >= 0.3 is 6.03 Å². The molecule has 1 atom stereocenters. The summed E-state index contributed by atoms with van der Waals surface area (Å²) in [5.41, 5.74) is 2.49. The van der Waals surface area contributed by atoms with Gasteiger partial charge in [-0.2, -0.15) is 0 Å². The predicted octanol–water partition coefficient (Wildman–Crippen LogP) is 4.13. The van der Waals surface area contributed by atoms with Gasteiger partial charge in [0, 0.05) is 11.3 Å². The van der Waals surface area contributed by atoms with Crippen molar-refractivity contribution in [2.75, 3.05) is 19.1 Å². The van der Waals surface area contributed by atoms with Crippen molar-refractivity contribution in [1.82, 2.24) is 4.90 Å². The first-order valence-corrected chi connectivity index (χ1v) is 9.28. The third-order valence-electron chi connectivity index (χ3n) is 4.64. The maximum absolute atomic E-state index is 13.0. The lowest BCUT2D eigenvalue weighted by Gasteiger charge is -2.20. The van der Waals surface area contributed by atoms with E-state index in [1.165, 1.54) is 9.80 Å². The van der Waals surface area contributed by atoms with Crippen LogP contribution >= 0.6 is 15.9 Å². The molecular weight excluding hydrogens is 412 g/mol. The zero-order valence-corrected chi connectivity index (χ0v) is 17.2. The van der Waals surface area contributed by atoms with Crippen molar-refractivity contribution in [3.63, 3.8) is 0 Å². The Kier molecular flexibility index (Phi) is 5.41. The van der Waals surface area contributed by atoms with Gasteiger partial charge in [-0.25, -0.2) is 4.79 Å². The fourth-order valence-electron chi connectivity index (χ4n) is 3.13. The molecular formula is C20H21BrN2O4. The molecule has 1 fully saturated rings. The van der Waals surface area contributed by atoms with Crippen LogP contribution in [0.25, 0.3) is 0 Å². The highest BCUT2D eigenvalue weighted by Crippen LogP contribution is 2.35. The Morgan fingerprint density at radius 3 is 2.26 bits per heavy atom. The molecule has 1 saturated heterocycles. The number of imide groups is 1. The Labute approximate surface area is 166 Å². The SMILES string of the molecule is COc1cc(CN2C(=O)[C@@H](C)N(c3ccc(C)cc3)C2=O)c(OC)cc1Br. The predicted molar refractivity (Wildman–Crippen MR) is 106 cm³/mol. The van der Waals surface area contributed by atoms with Crippen LogP contribution in [0.15, 0.2) is 40.9 Å². The monoisotopic (exact) mass is 432 g/mol. The van der Waals surface area contributed by atoms with Crippen molar-refractivity contribution in [1.29, 1.82) is 0 Å². The molecule has 0 aliphatic carbocycles. The highest BCUT2D eigenvalue weighted by atomic mass is 79.9. The van der Waals surface area contributed by atoms with E-state index in [-0.39, 0.29) is 18.5 Å². The van der Waals surface area contributed by atoms with Gasteiger partial charge in [-0.3, -0.25) is 14.6 Å². The molecule has 0 bridgehead atoms. The lowest BCUT2D eigenvalue weighted by atomic mass is 10.1. The first-order valence-electron chi connectivity index (χ1n) is 8.49. The van der Waals surface area contributed by atoms with Crippen molar-refractivity contribution in [3.8, 4) is 11.5 Å². The van der Waals surface area contributed by atoms with Crippen LogP contribution in [0.1, 0.15) is 18.1 Å². The normalized spacial score (nSPS) is 16.9. The second-order valence-corrected chi connectivity index (χ2v) is 7.24. The van der Waals surface area contributed by atoms with Gasteiger partial charge in [-0.1, -0.05) is 17.7 Å². The van der Waals surface area contributed by atoms with Crippen LogP contribution in [0.5, 0.6) is 11.5 Å². The summed E-state index contributed by atoms with van der Waals surface area (Å²) in [6.45, 7) is 3.82. The Morgan fingerprint density at radius 2 is 1.67 bits per heavy atom. The number of hydrogen-bond donors (Lipinski definition) is 0. The minimum absolute atomic E-state index is 0.108. The molecule has 1 aliphatic rings. The van der Waals surface area contributed by atoms with Crippen LogP contribution in [0.4, 0.5) is 10.5 Å². The average molecular weight is 433 g/mol. The van der Waals surface area contributed by atoms with Crippen molar-refractivity contribution in [2.45, 2.75) is 26.4 Å². The minimum Gasteiger partial charge on any atom is -0.496 e. The number of hydrogen-bond acceptors (Lipinski definition) is 4. The summed E-state index contributed by atoms with van der Waals surface area (Å²) in [6, 6.07) is 10.2. The molecule has 0 saturated carbocycles. The van der Waals surface area contributed by atoms with E-state index in [9.17, 15) is 9.59 Å². The molecule has 2 aromatic rings. The second kappa shape index (κ2) is 7.60. The molecule has 1 aliphatic heterocycles. The number of aryl methyl sites for hydroxylation is 1. The molecule has 3 amide bonds. The number of amides is 3. The van der Waals surface area contributed by atoms with Gasteiger partial charge in [0.05, 0.1) is 25.2 Å². The van der Waals surface area contributed by atoms with E-state index >= 15 is 0 Å². The highest BCUT2D eigenvalue weighted by Gasteiger charge is 2.43. The number of halogens is 1. The lowest BCUT2D eigenvalue weighted by Crippen LogP contribution is -2.33. The number of anilines is 1. The zero-order chi connectivity index (χ0) is 19.7. The smallest absolute Gasteiger partial charge is 0.332 e. The highest BCUT2D eigenvalue weighted by molar-refractivity contribution is 9.10. The standard InChI is InChI=1S/C20H21BrN2O4/c1-12-5-7-15(8-6-12)23-13(2)19(24)22(20(23)25)11-14-9-18(27-4)16(21)10-17(14)26-3/h5-10,13H,11H2,1-4H3/t13-/m1/s1. The zero-order valence-electron chi connectivity index (χ0n) is 15.7. The number of benzene rings is 2. The van der Waals surface area contributed by atoms with Crippen molar-refractivity contribution in [2.24, 2.45) is 0 Å². The number of nitrogens with zero attached hydrogens (tertiary/aromatic N) is 2. The topological polar surface area (TPSA) is 59.1 Å². The molecule has 142 valence electrons. The largest absolute Gasteiger partial charge is 0.496 e. The second-order valence-electron chi connectivity index (χ2n) is 6.39. The fourth-order valence-corrected chi connectivity index (χ4v) is 3.61. The van der Waals surface area contributed by atoms with E-state index in [1.54, 1.807) is 33.3 Å². The van der Waals surface area contributed by atoms with Crippen LogP contribution in [0, 0.1) is 6.92 Å². The van der Waals surface area contributed by atoms with Gasteiger partial charge in [0.25, 0.3) is 5.91 Å². The van der Waals surface area contributed by atoms with Crippen LogP contribution in [-0.4, -0.2) is 37.1 Å². The molecule has 0 spiro atoms. The molecule has 1 heterocycles. The summed E-state index contributed by atoms with van der Waals surface area (Å²) in [4.78, 5) is 28.5. The first kappa shape index (κ1) is 19.2. The molecule has 0 unspecified atom stereocenters. The van der Waals surface area contributed by atoms with Gasteiger partial charge in [-0.05, 0) is 54.0 Å². The van der Waals surface area contributed by atoms with Crippen molar-refractivity contribution < 1.29 is 19.1 Å². The summed E-state index contributed by atoms with van der Waals surface area (Å²) in [7, 11) is 3.11. The van der Waals surface area contributed by atoms with E-state index in [1.807, 2.05) is 31.2 Å². The third-order valence-corrected chi connectivity index (χ3v) is 5.26. The Bertz CT molecular complexity index is 882. The van der Waals surface area contributed by atoms with Gasteiger partial charge in [0.1, 0.15) is 17.5 Å². The lowest BCUT2D eigenvalue weighted by molar-refractivity contribution is -0.127. The maximum Gasteiger partial charge on any atom is 0.332 e. The van der Waals surface area contributed by atoms with E-state index < -0.39 is 6.04 Å². The number of ether oxygens (including phenoxy) is 2. The van der Waals surface area contributed by atoms with Crippen LogP contribution in [0.3, 0.4) is 0 Å². The molecule has 3 rings (SSSR count). The first-order chi connectivity index (χ1) is 12.9. The van der Waals surface area contributed by atoms with E-state index in [0.717, 1.165) is 10.0 Å². The molecule has 0 radical (unpaired) electrons. The Balaban J connectivity index is 1.93. The minimum atomic E-state index is -0.566. The quantitative estimate of drug-likeness (QED) is 0.666. The van der Waals surface area contributed by atoms with Crippen LogP contribution < -0.4 is 14.4 Å². The van der Waals surface area contributed by atoms with Gasteiger partial charge in [0.2, 0.25) is 0 Å². The Morgan fingerprint density at radius 1 is 1.04 bits per heavy atom. The number of carbonyl (C=O) groups is 2. The summed E-state index contributed by atoms with van der Waals surface area (Å²) in [5.74, 6) is 0.933. The molecule has 0 N–H and O–H groups in total. The number of methoxy groups -OCH3 is 2. The molecule has 6 nitrogen and oxygen atoms in total. The molecule has 2 aromatic carbocycles. The van der Waals surface area contributed by atoms with Gasteiger partial charge < -0.3 is 9.47 Å². The van der Waals surface area contributed by atoms with E-state index in [2.05, 4.69) is 15.9 Å².